The third-order valence-electron chi connectivity index (χ3n) is 4.35. The molecule has 0 aliphatic rings. The maximum absolute atomic E-state index is 13.1. The smallest absolute Gasteiger partial charge is 0.241 e. The molecule has 0 bridgehead atoms. The summed E-state index contributed by atoms with van der Waals surface area (Å²) in [6, 6.07) is 10.5. The molecule has 2 unspecified atom stereocenters. The molecule has 0 aliphatic heterocycles. The standard InChI is InChI=1S/C20H25FN2O4S/c1-4-14(2)22-20(24)13-19(15-5-9-17(27-3)10-6-15)23-28(25,26)18-11-7-16(21)8-12-18/h5-12,14,19,23H,4,13H2,1-3H3,(H,22,24). The van der Waals surface area contributed by atoms with Crippen LogP contribution in [0.4, 0.5) is 4.39 Å². The monoisotopic (exact) mass is 408 g/mol. The van der Waals surface area contributed by atoms with Crippen molar-refractivity contribution in [1.29, 1.82) is 0 Å². The summed E-state index contributed by atoms with van der Waals surface area (Å²) in [6.45, 7) is 3.83. The van der Waals surface area contributed by atoms with Gasteiger partial charge in [0.1, 0.15) is 11.6 Å². The Morgan fingerprint density at radius 1 is 1.11 bits per heavy atom. The quantitative estimate of drug-likeness (QED) is 0.668. The number of rotatable bonds is 9. The largest absolute Gasteiger partial charge is 0.497 e. The van der Waals surface area contributed by atoms with Crippen LogP contribution in [0.1, 0.15) is 38.3 Å². The Morgan fingerprint density at radius 3 is 2.25 bits per heavy atom. The molecule has 152 valence electrons. The Hall–Kier alpha value is -2.45. The Bertz CT molecular complexity index is 883. The maximum atomic E-state index is 13.1. The molecular formula is C20H25FN2O4S. The van der Waals surface area contributed by atoms with Gasteiger partial charge in [0.15, 0.2) is 0 Å². The molecule has 0 aliphatic carbocycles. The highest BCUT2D eigenvalue weighted by Crippen LogP contribution is 2.23. The van der Waals surface area contributed by atoms with Gasteiger partial charge in [0.2, 0.25) is 15.9 Å². The van der Waals surface area contributed by atoms with Crippen molar-refractivity contribution in [3.63, 3.8) is 0 Å². The van der Waals surface area contributed by atoms with Gasteiger partial charge < -0.3 is 10.1 Å². The van der Waals surface area contributed by atoms with Crippen LogP contribution in [-0.2, 0) is 14.8 Å². The molecule has 2 aromatic rings. The SMILES string of the molecule is CCC(C)NC(=O)CC(NS(=O)(=O)c1ccc(F)cc1)c1ccc(OC)cc1. The lowest BCUT2D eigenvalue weighted by molar-refractivity contribution is -0.122. The zero-order valence-corrected chi connectivity index (χ0v) is 16.9. The highest BCUT2D eigenvalue weighted by Gasteiger charge is 2.24. The van der Waals surface area contributed by atoms with E-state index < -0.39 is 21.9 Å². The molecule has 2 aromatic carbocycles. The van der Waals surface area contributed by atoms with Crippen molar-refractivity contribution in [2.24, 2.45) is 0 Å². The highest BCUT2D eigenvalue weighted by atomic mass is 32.2. The molecule has 0 saturated carbocycles. The molecular weight excluding hydrogens is 383 g/mol. The first-order valence-electron chi connectivity index (χ1n) is 8.96. The Morgan fingerprint density at radius 2 is 1.71 bits per heavy atom. The predicted molar refractivity (Wildman–Crippen MR) is 105 cm³/mol. The van der Waals surface area contributed by atoms with Gasteiger partial charge in [0.05, 0.1) is 18.0 Å². The van der Waals surface area contributed by atoms with E-state index in [1.54, 1.807) is 24.3 Å². The van der Waals surface area contributed by atoms with E-state index in [1.165, 1.54) is 19.2 Å². The number of carbonyl (C=O) groups excluding carboxylic acids is 1. The van der Waals surface area contributed by atoms with Crippen molar-refractivity contribution < 1.29 is 22.3 Å². The fourth-order valence-electron chi connectivity index (χ4n) is 2.55. The zero-order valence-electron chi connectivity index (χ0n) is 16.1. The summed E-state index contributed by atoms with van der Waals surface area (Å²) in [4.78, 5) is 12.3. The summed E-state index contributed by atoms with van der Waals surface area (Å²) in [7, 11) is -2.42. The van der Waals surface area contributed by atoms with Gasteiger partial charge in [0.25, 0.3) is 0 Å². The van der Waals surface area contributed by atoms with E-state index in [0.29, 0.717) is 11.3 Å². The first-order valence-corrected chi connectivity index (χ1v) is 10.4. The van der Waals surface area contributed by atoms with Crippen LogP contribution >= 0.6 is 0 Å². The minimum absolute atomic E-state index is 0.0160. The molecule has 0 radical (unpaired) electrons. The summed E-state index contributed by atoms with van der Waals surface area (Å²) < 4.78 is 46.2. The molecule has 2 N–H and O–H groups in total. The van der Waals surface area contributed by atoms with E-state index in [-0.39, 0.29) is 23.3 Å². The number of ether oxygens (including phenoxy) is 1. The van der Waals surface area contributed by atoms with Crippen molar-refractivity contribution in [3.8, 4) is 5.75 Å². The second kappa shape index (κ2) is 9.66. The van der Waals surface area contributed by atoms with E-state index in [1.807, 2.05) is 13.8 Å². The second-order valence-electron chi connectivity index (χ2n) is 6.48. The summed E-state index contributed by atoms with van der Waals surface area (Å²) >= 11 is 0. The summed E-state index contributed by atoms with van der Waals surface area (Å²) in [5, 5.41) is 2.84. The van der Waals surface area contributed by atoms with Gasteiger partial charge in [-0.2, -0.15) is 0 Å². The van der Waals surface area contributed by atoms with Crippen molar-refractivity contribution in [3.05, 3.63) is 59.9 Å². The minimum Gasteiger partial charge on any atom is -0.497 e. The fraction of sp³-hybridized carbons (Fsp3) is 0.350. The van der Waals surface area contributed by atoms with Crippen LogP contribution in [0.2, 0.25) is 0 Å². The zero-order chi connectivity index (χ0) is 20.7. The third kappa shape index (κ3) is 6.03. The first-order chi connectivity index (χ1) is 13.2. The number of sulfonamides is 1. The number of nitrogens with one attached hydrogen (secondary N) is 2. The topological polar surface area (TPSA) is 84.5 Å². The van der Waals surface area contributed by atoms with Crippen molar-refractivity contribution in [2.75, 3.05) is 7.11 Å². The molecule has 0 saturated heterocycles. The van der Waals surface area contributed by atoms with Crippen LogP contribution < -0.4 is 14.8 Å². The van der Waals surface area contributed by atoms with Gasteiger partial charge in [-0.3, -0.25) is 4.79 Å². The van der Waals surface area contributed by atoms with Gasteiger partial charge in [-0.05, 0) is 55.3 Å². The number of hydrogen-bond acceptors (Lipinski definition) is 4. The predicted octanol–water partition coefficient (Wildman–Crippen LogP) is 3.16. The molecule has 8 heteroatoms. The highest BCUT2D eigenvalue weighted by molar-refractivity contribution is 7.89. The molecule has 1 amide bonds. The van der Waals surface area contributed by atoms with Crippen LogP contribution in [0.5, 0.6) is 5.75 Å². The molecule has 0 fully saturated rings. The first kappa shape index (κ1) is 21.8. The molecule has 0 aromatic heterocycles. The summed E-state index contributed by atoms with van der Waals surface area (Å²) in [5.74, 6) is -0.177. The van der Waals surface area contributed by atoms with Crippen molar-refractivity contribution in [2.45, 2.75) is 43.7 Å². The van der Waals surface area contributed by atoms with E-state index in [9.17, 15) is 17.6 Å². The van der Waals surface area contributed by atoms with Crippen LogP contribution in [0.15, 0.2) is 53.4 Å². The Labute approximate surface area is 165 Å². The van der Waals surface area contributed by atoms with Gasteiger partial charge in [-0.1, -0.05) is 19.1 Å². The maximum Gasteiger partial charge on any atom is 0.241 e. The van der Waals surface area contributed by atoms with Crippen LogP contribution in [-0.4, -0.2) is 27.5 Å². The Balaban J connectivity index is 2.28. The normalized spacial score (nSPS) is 13.6. The average Bonchev–Trinajstić information content (AvgIpc) is 2.67. The van der Waals surface area contributed by atoms with Crippen LogP contribution in [0.25, 0.3) is 0 Å². The lowest BCUT2D eigenvalue weighted by Gasteiger charge is -2.20. The van der Waals surface area contributed by atoms with Gasteiger partial charge in [-0.15, -0.1) is 0 Å². The average molecular weight is 408 g/mol. The number of halogens is 1. The van der Waals surface area contributed by atoms with E-state index in [0.717, 1.165) is 18.6 Å². The molecule has 0 heterocycles. The van der Waals surface area contributed by atoms with E-state index in [4.69, 9.17) is 4.74 Å². The number of amides is 1. The summed E-state index contributed by atoms with van der Waals surface area (Å²) in [6.07, 6.45) is 0.692. The summed E-state index contributed by atoms with van der Waals surface area (Å²) in [5.41, 5.74) is 0.616. The van der Waals surface area contributed by atoms with E-state index >= 15 is 0 Å². The van der Waals surface area contributed by atoms with Crippen LogP contribution in [0, 0.1) is 5.82 Å². The molecule has 2 atom stereocenters. The lowest BCUT2D eigenvalue weighted by Crippen LogP contribution is -2.37. The molecule has 0 spiro atoms. The van der Waals surface area contributed by atoms with Crippen molar-refractivity contribution >= 4 is 15.9 Å². The van der Waals surface area contributed by atoms with Gasteiger partial charge in [-0.25, -0.2) is 17.5 Å². The van der Waals surface area contributed by atoms with Gasteiger partial charge in [0, 0.05) is 12.5 Å². The van der Waals surface area contributed by atoms with Crippen molar-refractivity contribution in [1.82, 2.24) is 10.0 Å². The molecule has 28 heavy (non-hydrogen) atoms. The molecule has 6 nitrogen and oxygen atoms in total. The number of hydrogen-bond donors (Lipinski definition) is 2. The Kier molecular flexibility index (Phi) is 7.53. The van der Waals surface area contributed by atoms with Crippen LogP contribution in [0.3, 0.4) is 0 Å². The number of benzene rings is 2. The number of methoxy groups -OCH3 is 1. The lowest BCUT2D eigenvalue weighted by atomic mass is 10.0. The second-order valence-corrected chi connectivity index (χ2v) is 8.20. The van der Waals surface area contributed by atoms with Gasteiger partial charge >= 0.3 is 0 Å². The molecule has 2 rings (SSSR count). The minimum atomic E-state index is -3.95. The number of carbonyl (C=O) groups is 1. The third-order valence-corrected chi connectivity index (χ3v) is 5.84. The van der Waals surface area contributed by atoms with E-state index in [2.05, 4.69) is 10.0 Å². The fourth-order valence-corrected chi connectivity index (χ4v) is 3.78.